The highest BCUT2D eigenvalue weighted by Crippen LogP contribution is 2.33. The zero-order chi connectivity index (χ0) is 20.4. The van der Waals surface area contributed by atoms with Crippen molar-refractivity contribution in [3.05, 3.63) is 22.5 Å². The lowest BCUT2D eigenvalue weighted by Crippen LogP contribution is -2.52. The Balaban J connectivity index is 1.69. The Morgan fingerprint density at radius 3 is 2.48 bits per heavy atom. The molecule has 8 nitrogen and oxygen atoms in total. The van der Waals surface area contributed by atoms with Crippen molar-refractivity contribution in [3.8, 4) is 11.5 Å². The summed E-state index contributed by atoms with van der Waals surface area (Å²) in [5.74, 6) is 1.98. The SMILES string of the molecule is CCCn1c(N2CCN(C(=S)NCC)CC2)nc2cc3c(cc2c1=O)OCCO3. The van der Waals surface area contributed by atoms with Gasteiger partial charge in [-0.05, 0) is 31.6 Å². The van der Waals surface area contributed by atoms with Gasteiger partial charge in [0.25, 0.3) is 5.56 Å². The fraction of sp³-hybridized carbons (Fsp3) is 0.550. The maximum absolute atomic E-state index is 13.3. The molecule has 0 aliphatic carbocycles. The van der Waals surface area contributed by atoms with Crippen LogP contribution in [0.2, 0.25) is 0 Å². The van der Waals surface area contributed by atoms with Crippen molar-refractivity contribution < 1.29 is 9.47 Å². The van der Waals surface area contributed by atoms with Crippen molar-refractivity contribution in [2.75, 3.05) is 50.8 Å². The highest BCUT2D eigenvalue weighted by Gasteiger charge is 2.24. The second-order valence-corrected chi connectivity index (χ2v) is 7.58. The van der Waals surface area contributed by atoms with Crippen molar-refractivity contribution in [2.45, 2.75) is 26.8 Å². The third kappa shape index (κ3) is 3.83. The van der Waals surface area contributed by atoms with E-state index in [2.05, 4.69) is 22.0 Å². The van der Waals surface area contributed by atoms with Crippen LogP contribution >= 0.6 is 12.2 Å². The number of hydrogen-bond donors (Lipinski definition) is 1. The molecular formula is C20H27N5O3S. The van der Waals surface area contributed by atoms with Gasteiger partial charge in [0.1, 0.15) is 13.2 Å². The van der Waals surface area contributed by atoms with Gasteiger partial charge in [0.05, 0.1) is 10.9 Å². The Kier molecular flexibility index (Phi) is 5.75. The van der Waals surface area contributed by atoms with E-state index in [0.717, 1.165) is 50.2 Å². The van der Waals surface area contributed by atoms with Gasteiger partial charge < -0.3 is 24.6 Å². The molecule has 2 aromatic rings. The molecule has 29 heavy (non-hydrogen) atoms. The molecule has 1 aromatic heterocycles. The highest BCUT2D eigenvalue weighted by atomic mass is 32.1. The van der Waals surface area contributed by atoms with Crippen molar-refractivity contribution >= 4 is 34.2 Å². The van der Waals surface area contributed by atoms with E-state index in [1.54, 1.807) is 10.6 Å². The summed E-state index contributed by atoms with van der Waals surface area (Å²) < 4.78 is 13.1. The normalized spacial score (nSPS) is 16.2. The van der Waals surface area contributed by atoms with Crippen LogP contribution < -0.4 is 25.2 Å². The first-order valence-corrected chi connectivity index (χ1v) is 10.6. The van der Waals surface area contributed by atoms with Crippen LogP contribution in [-0.4, -0.2) is 65.5 Å². The first-order valence-electron chi connectivity index (χ1n) is 10.2. The summed E-state index contributed by atoms with van der Waals surface area (Å²) in [6.45, 7) is 9.67. The van der Waals surface area contributed by atoms with Crippen LogP contribution in [0.5, 0.6) is 11.5 Å². The molecule has 0 saturated carbocycles. The van der Waals surface area contributed by atoms with Gasteiger partial charge in [0.15, 0.2) is 16.6 Å². The Bertz CT molecular complexity index is 969. The minimum Gasteiger partial charge on any atom is -0.486 e. The molecular weight excluding hydrogens is 390 g/mol. The average molecular weight is 418 g/mol. The number of rotatable bonds is 4. The number of nitrogens with one attached hydrogen (secondary N) is 1. The van der Waals surface area contributed by atoms with Crippen LogP contribution in [0, 0.1) is 0 Å². The quantitative estimate of drug-likeness (QED) is 0.752. The van der Waals surface area contributed by atoms with Crippen LogP contribution in [0.1, 0.15) is 20.3 Å². The van der Waals surface area contributed by atoms with Crippen LogP contribution in [0.25, 0.3) is 10.9 Å². The summed E-state index contributed by atoms with van der Waals surface area (Å²) in [6.07, 6.45) is 0.856. The fourth-order valence-electron chi connectivity index (χ4n) is 3.79. The Hall–Kier alpha value is -2.55. The predicted octanol–water partition coefficient (Wildman–Crippen LogP) is 1.59. The van der Waals surface area contributed by atoms with E-state index in [0.29, 0.717) is 42.2 Å². The number of thiocarbonyl (C=S) groups is 1. The molecule has 0 radical (unpaired) electrons. The lowest BCUT2D eigenvalue weighted by atomic mass is 10.2. The molecule has 2 aliphatic heterocycles. The molecule has 3 heterocycles. The molecule has 0 amide bonds. The van der Waals surface area contributed by atoms with E-state index in [4.69, 9.17) is 26.7 Å². The van der Waals surface area contributed by atoms with Gasteiger partial charge >= 0.3 is 0 Å². The third-order valence-electron chi connectivity index (χ3n) is 5.22. The van der Waals surface area contributed by atoms with Crippen LogP contribution in [0.15, 0.2) is 16.9 Å². The predicted molar refractivity (Wildman–Crippen MR) is 117 cm³/mol. The Morgan fingerprint density at radius 2 is 1.83 bits per heavy atom. The lowest BCUT2D eigenvalue weighted by molar-refractivity contribution is 0.172. The first-order chi connectivity index (χ1) is 14.1. The van der Waals surface area contributed by atoms with Crippen molar-refractivity contribution in [3.63, 3.8) is 0 Å². The Morgan fingerprint density at radius 1 is 1.14 bits per heavy atom. The van der Waals surface area contributed by atoms with E-state index in [1.165, 1.54) is 0 Å². The molecule has 1 aromatic carbocycles. The molecule has 9 heteroatoms. The highest BCUT2D eigenvalue weighted by molar-refractivity contribution is 7.80. The summed E-state index contributed by atoms with van der Waals surface area (Å²) in [5.41, 5.74) is 0.613. The molecule has 1 fully saturated rings. The topological polar surface area (TPSA) is 71.9 Å². The van der Waals surface area contributed by atoms with Crippen LogP contribution in [-0.2, 0) is 6.54 Å². The Labute approximate surface area is 175 Å². The number of fused-ring (bicyclic) bond motifs is 2. The zero-order valence-electron chi connectivity index (χ0n) is 16.9. The van der Waals surface area contributed by atoms with E-state index in [9.17, 15) is 4.79 Å². The van der Waals surface area contributed by atoms with E-state index in [-0.39, 0.29) is 5.56 Å². The van der Waals surface area contributed by atoms with Gasteiger partial charge in [-0.2, -0.15) is 0 Å². The van der Waals surface area contributed by atoms with E-state index < -0.39 is 0 Å². The standard InChI is InChI=1S/C20H27N5O3S/c1-3-5-25-18(26)14-12-16-17(28-11-10-27-16)13-15(14)22-19(25)23-6-8-24(9-7-23)20(29)21-4-2/h12-13H,3-11H2,1-2H3,(H,21,29). The number of aromatic nitrogens is 2. The maximum Gasteiger partial charge on any atom is 0.262 e. The van der Waals surface area contributed by atoms with Gasteiger partial charge in [-0.3, -0.25) is 9.36 Å². The minimum atomic E-state index is -0.0329. The third-order valence-corrected chi connectivity index (χ3v) is 5.63. The number of anilines is 1. The van der Waals surface area contributed by atoms with E-state index >= 15 is 0 Å². The van der Waals surface area contributed by atoms with Crippen LogP contribution in [0.4, 0.5) is 5.95 Å². The van der Waals surface area contributed by atoms with Crippen molar-refractivity contribution in [1.82, 2.24) is 19.8 Å². The van der Waals surface area contributed by atoms with Gasteiger partial charge in [-0.15, -0.1) is 0 Å². The van der Waals surface area contributed by atoms with Crippen molar-refractivity contribution in [1.29, 1.82) is 0 Å². The smallest absolute Gasteiger partial charge is 0.262 e. The average Bonchev–Trinajstić information content (AvgIpc) is 2.75. The summed E-state index contributed by atoms with van der Waals surface area (Å²) in [4.78, 5) is 22.5. The van der Waals surface area contributed by atoms with Gasteiger partial charge in [0, 0.05) is 45.3 Å². The van der Waals surface area contributed by atoms with Gasteiger partial charge in [0.2, 0.25) is 5.95 Å². The maximum atomic E-state index is 13.3. The molecule has 1 saturated heterocycles. The molecule has 0 unspecified atom stereocenters. The van der Waals surface area contributed by atoms with Crippen molar-refractivity contribution in [2.24, 2.45) is 0 Å². The molecule has 1 N–H and O–H groups in total. The molecule has 0 atom stereocenters. The molecule has 2 aliphatic rings. The number of ether oxygens (including phenoxy) is 2. The van der Waals surface area contributed by atoms with Gasteiger partial charge in [-0.25, -0.2) is 4.98 Å². The fourth-order valence-corrected chi connectivity index (χ4v) is 4.11. The summed E-state index contributed by atoms with van der Waals surface area (Å²) in [5, 5.41) is 4.56. The molecule has 0 bridgehead atoms. The number of hydrogen-bond acceptors (Lipinski definition) is 6. The molecule has 4 rings (SSSR count). The monoisotopic (exact) mass is 417 g/mol. The van der Waals surface area contributed by atoms with Gasteiger partial charge in [-0.1, -0.05) is 6.92 Å². The van der Waals surface area contributed by atoms with Crippen LogP contribution in [0.3, 0.4) is 0 Å². The number of piperazine rings is 1. The second-order valence-electron chi connectivity index (χ2n) is 7.19. The molecule has 156 valence electrons. The zero-order valence-corrected chi connectivity index (χ0v) is 17.8. The first kappa shape index (κ1) is 19.8. The second kappa shape index (κ2) is 8.44. The lowest BCUT2D eigenvalue weighted by Gasteiger charge is -2.37. The molecule has 0 spiro atoms. The number of nitrogens with zero attached hydrogens (tertiary/aromatic N) is 4. The summed E-state index contributed by atoms with van der Waals surface area (Å²) in [7, 11) is 0. The number of benzene rings is 1. The summed E-state index contributed by atoms with van der Waals surface area (Å²) in [6, 6.07) is 3.59. The summed E-state index contributed by atoms with van der Waals surface area (Å²) >= 11 is 5.44. The minimum absolute atomic E-state index is 0.0329. The van der Waals surface area contributed by atoms with E-state index in [1.807, 2.05) is 13.0 Å². The largest absolute Gasteiger partial charge is 0.486 e.